The number of hydrogen-bond acceptors (Lipinski definition) is 4. The number of rotatable bonds is 5. The first-order valence-electron chi connectivity index (χ1n) is 10.1. The number of amides is 1. The maximum absolute atomic E-state index is 14.1. The fourth-order valence-electron chi connectivity index (χ4n) is 3.76. The number of carbonyl (C=O) groups is 1. The molecule has 0 aliphatic rings. The van der Waals surface area contributed by atoms with Crippen LogP contribution in [0.4, 0.5) is 10.1 Å². The Kier molecular flexibility index (Phi) is 4.99. The molecule has 0 unspecified atom stereocenters. The molecule has 7 heteroatoms. The zero-order valence-electron chi connectivity index (χ0n) is 17.2. The van der Waals surface area contributed by atoms with E-state index >= 15 is 0 Å². The first-order valence-corrected chi connectivity index (χ1v) is 10.1. The first kappa shape index (κ1) is 19.7. The number of carbonyl (C=O) groups excluding carboxylic acids is 1. The highest BCUT2D eigenvalue weighted by atomic mass is 19.1. The highest BCUT2D eigenvalue weighted by Gasteiger charge is 2.18. The average molecular weight is 426 g/mol. The lowest BCUT2D eigenvalue weighted by Crippen LogP contribution is -2.19. The molecule has 2 aromatic heterocycles. The third kappa shape index (κ3) is 3.65. The quantitative estimate of drug-likeness (QED) is 0.428. The number of fused-ring (bicyclic) bond motifs is 3. The Morgan fingerprint density at radius 3 is 2.56 bits per heavy atom. The molecule has 32 heavy (non-hydrogen) atoms. The summed E-state index contributed by atoms with van der Waals surface area (Å²) in [5.41, 5.74) is 3.53. The van der Waals surface area contributed by atoms with E-state index in [1.807, 2.05) is 30.3 Å². The number of hydrogen-bond donors (Lipinski definition) is 1. The van der Waals surface area contributed by atoms with Crippen molar-refractivity contribution in [2.24, 2.45) is 0 Å². The zero-order valence-corrected chi connectivity index (χ0v) is 17.2. The monoisotopic (exact) mass is 426 g/mol. The van der Waals surface area contributed by atoms with Crippen molar-refractivity contribution in [3.05, 3.63) is 84.8 Å². The molecule has 0 atom stereocenters. The number of pyridine rings is 1. The van der Waals surface area contributed by atoms with Crippen LogP contribution < -0.4 is 10.1 Å². The number of aromatic nitrogens is 3. The molecule has 0 saturated heterocycles. The fourth-order valence-corrected chi connectivity index (χ4v) is 3.76. The molecule has 0 spiro atoms. The minimum atomic E-state index is -0.372. The Hall–Kier alpha value is -4.26. The number of nitrogens with zero attached hydrogens (tertiary/aromatic N) is 3. The van der Waals surface area contributed by atoms with Crippen molar-refractivity contribution >= 4 is 33.4 Å². The Morgan fingerprint density at radius 1 is 1.03 bits per heavy atom. The molecule has 6 nitrogen and oxygen atoms in total. The van der Waals surface area contributed by atoms with Crippen molar-refractivity contribution in [2.45, 2.75) is 6.54 Å². The second kappa shape index (κ2) is 8.11. The van der Waals surface area contributed by atoms with Crippen molar-refractivity contribution in [1.29, 1.82) is 0 Å². The van der Waals surface area contributed by atoms with Gasteiger partial charge in [0, 0.05) is 28.2 Å². The zero-order chi connectivity index (χ0) is 22.1. The Labute approximate surface area is 183 Å². The molecule has 1 amide bonds. The van der Waals surface area contributed by atoms with Gasteiger partial charge in [-0.25, -0.2) is 4.39 Å². The van der Waals surface area contributed by atoms with Gasteiger partial charge in [0.15, 0.2) is 0 Å². The van der Waals surface area contributed by atoms with Crippen LogP contribution in [-0.4, -0.2) is 27.8 Å². The number of ether oxygens (including phenoxy) is 1. The molecule has 5 aromatic rings. The van der Waals surface area contributed by atoms with Gasteiger partial charge >= 0.3 is 0 Å². The smallest absolute Gasteiger partial charge is 0.246 e. The summed E-state index contributed by atoms with van der Waals surface area (Å²) in [6.07, 6.45) is 1.72. The Bertz CT molecular complexity index is 1430. The van der Waals surface area contributed by atoms with Crippen LogP contribution in [0.25, 0.3) is 33.1 Å². The van der Waals surface area contributed by atoms with Crippen LogP contribution in [-0.2, 0) is 11.3 Å². The number of halogens is 1. The molecule has 0 bridgehead atoms. The second-order valence-corrected chi connectivity index (χ2v) is 7.33. The molecule has 5 rings (SSSR count). The third-order valence-electron chi connectivity index (χ3n) is 5.25. The molecule has 158 valence electrons. The molecule has 0 aliphatic carbocycles. The minimum absolute atomic E-state index is 0.0367. The van der Waals surface area contributed by atoms with Crippen molar-refractivity contribution < 1.29 is 13.9 Å². The normalized spacial score (nSPS) is 11.1. The molecular formula is C25H19FN4O2. The molecule has 1 N–H and O–H groups in total. The lowest BCUT2D eigenvalue weighted by Gasteiger charge is -2.08. The van der Waals surface area contributed by atoms with Gasteiger partial charge in [0.05, 0.1) is 18.1 Å². The van der Waals surface area contributed by atoms with Gasteiger partial charge < -0.3 is 10.1 Å². The van der Waals surface area contributed by atoms with Crippen LogP contribution in [0.5, 0.6) is 5.75 Å². The van der Waals surface area contributed by atoms with Crippen LogP contribution in [0, 0.1) is 5.82 Å². The van der Waals surface area contributed by atoms with E-state index in [0.29, 0.717) is 33.6 Å². The fraction of sp³-hybridized carbons (Fsp3) is 0.0800. The van der Waals surface area contributed by atoms with E-state index in [1.54, 1.807) is 48.3 Å². The van der Waals surface area contributed by atoms with Crippen LogP contribution in [0.1, 0.15) is 0 Å². The van der Waals surface area contributed by atoms with Gasteiger partial charge in [0.25, 0.3) is 0 Å². The van der Waals surface area contributed by atoms with Crippen LogP contribution >= 0.6 is 0 Å². The van der Waals surface area contributed by atoms with Gasteiger partial charge in [-0.05, 0) is 42.5 Å². The molecule has 0 aliphatic heterocycles. The highest BCUT2D eigenvalue weighted by molar-refractivity contribution is 6.08. The topological polar surface area (TPSA) is 69.0 Å². The molecule has 3 aromatic carbocycles. The standard InChI is InChI=1S/C25H19FN4O2/c1-32-19-10-8-18(9-11-19)28-23(31)15-30-25-20-13-17(26)7-12-22(20)27-14-21(25)24(29-30)16-5-3-2-4-6-16/h2-14H,15H2,1H3,(H,28,31). The summed E-state index contributed by atoms with van der Waals surface area (Å²) in [6, 6.07) is 21.2. The van der Waals surface area contributed by atoms with E-state index in [0.717, 1.165) is 10.9 Å². The third-order valence-corrected chi connectivity index (χ3v) is 5.25. The SMILES string of the molecule is COc1ccc(NC(=O)Cn2nc(-c3ccccc3)c3cnc4ccc(F)cc4c32)cc1. The number of methoxy groups -OCH3 is 1. The Morgan fingerprint density at radius 2 is 1.81 bits per heavy atom. The first-order chi connectivity index (χ1) is 15.6. The maximum atomic E-state index is 14.1. The predicted octanol–water partition coefficient (Wildman–Crippen LogP) is 5.04. The lowest BCUT2D eigenvalue weighted by atomic mass is 10.1. The Balaban J connectivity index is 1.59. The number of nitrogens with one attached hydrogen (secondary N) is 1. The summed E-state index contributed by atoms with van der Waals surface area (Å²) in [5, 5.41) is 8.95. The van der Waals surface area contributed by atoms with E-state index < -0.39 is 0 Å². The molecule has 0 fully saturated rings. The number of anilines is 1. The van der Waals surface area contributed by atoms with E-state index in [4.69, 9.17) is 9.84 Å². The van der Waals surface area contributed by atoms with Crippen molar-refractivity contribution in [1.82, 2.24) is 14.8 Å². The minimum Gasteiger partial charge on any atom is -0.497 e. The van der Waals surface area contributed by atoms with Crippen molar-refractivity contribution in [2.75, 3.05) is 12.4 Å². The summed E-state index contributed by atoms with van der Waals surface area (Å²) in [7, 11) is 1.59. The van der Waals surface area contributed by atoms with Crippen molar-refractivity contribution in [3.8, 4) is 17.0 Å². The summed E-state index contributed by atoms with van der Waals surface area (Å²) in [5.74, 6) is 0.0820. The van der Waals surface area contributed by atoms with Crippen molar-refractivity contribution in [3.63, 3.8) is 0 Å². The lowest BCUT2D eigenvalue weighted by molar-refractivity contribution is -0.116. The van der Waals surface area contributed by atoms with Gasteiger partial charge in [-0.1, -0.05) is 30.3 Å². The molecule has 0 saturated carbocycles. The maximum Gasteiger partial charge on any atom is 0.246 e. The summed E-state index contributed by atoms with van der Waals surface area (Å²) in [4.78, 5) is 17.3. The van der Waals surface area contributed by atoms with Gasteiger partial charge in [-0.3, -0.25) is 14.5 Å². The van der Waals surface area contributed by atoms with E-state index in [2.05, 4.69) is 10.3 Å². The summed E-state index contributed by atoms with van der Waals surface area (Å²) >= 11 is 0. The predicted molar refractivity (Wildman–Crippen MR) is 122 cm³/mol. The number of benzene rings is 3. The molecular weight excluding hydrogens is 407 g/mol. The second-order valence-electron chi connectivity index (χ2n) is 7.33. The van der Waals surface area contributed by atoms with Crippen LogP contribution in [0.2, 0.25) is 0 Å². The van der Waals surface area contributed by atoms with Gasteiger partial charge in [-0.2, -0.15) is 5.10 Å². The van der Waals surface area contributed by atoms with E-state index in [1.165, 1.54) is 12.1 Å². The van der Waals surface area contributed by atoms with E-state index in [-0.39, 0.29) is 18.3 Å². The molecule has 0 radical (unpaired) electrons. The van der Waals surface area contributed by atoms with Gasteiger partial charge in [0.1, 0.15) is 23.8 Å². The largest absolute Gasteiger partial charge is 0.497 e. The summed E-state index contributed by atoms with van der Waals surface area (Å²) < 4.78 is 20.9. The summed E-state index contributed by atoms with van der Waals surface area (Å²) in [6.45, 7) is -0.0367. The highest BCUT2D eigenvalue weighted by Crippen LogP contribution is 2.32. The van der Waals surface area contributed by atoms with E-state index in [9.17, 15) is 9.18 Å². The van der Waals surface area contributed by atoms with Gasteiger partial charge in [-0.15, -0.1) is 0 Å². The van der Waals surface area contributed by atoms with Gasteiger partial charge in [0.2, 0.25) is 5.91 Å². The van der Waals surface area contributed by atoms with Crippen LogP contribution in [0.3, 0.4) is 0 Å². The average Bonchev–Trinajstić information content (AvgIpc) is 3.18. The van der Waals surface area contributed by atoms with Crippen LogP contribution in [0.15, 0.2) is 79.0 Å². The molecule has 2 heterocycles.